The minimum absolute atomic E-state index is 0.633. The normalized spacial score (nSPS) is 23.2. The highest BCUT2D eigenvalue weighted by molar-refractivity contribution is 4.63. The first-order valence-corrected chi connectivity index (χ1v) is 6.21. The maximum absolute atomic E-state index is 5.61. The lowest BCUT2D eigenvalue weighted by Gasteiger charge is -2.12. The van der Waals surface area contributed by atoms with Crippen molar-refractivity contribution in [2.45, 2.75) is 39.2 Å². The van der Waals surface area contributed by atoms with Crippen LogP contribution in [0.2, 0.25) is 0 Å². The summed E-state index contributed by atoms with van der Waals surface area (Å²) in [7, 11) is 0. The summed E-state index contributed by atoms with van der Waals surface area (Å²) in [6, 6.07) is 0.633. The van der Waals surface area contributed by atoms with Gasteiger partial charge in [0.2, 0.25) is 0 Å². The summed E-state index contributed by atoms with van der Waals surface area (Å²) in [5, 5.41) is 3.46. The largest absolute Gasteiger partial charge is 0.381 e. The van der Waals surface area contributed by atoms with Gasteiger partial charge in [-0.25, -0.2) is 0 Å². The Bertz CT molecular complexity index is 147. The van der Waals surface area contributed by atoms with Crippen LogP contribution in [0.3, 0.4) is 0 Å². The zero-order valence-electron chi connectivity index (χ0n) is 10.1. The molecule has 1 fully saturated rings. The molecule has 1 N–H and O–H groups in total. The van der Waals surface area contributed by atoms with Gasteiger partial charge in [0.25, 0.3) is 0 Å². The van der Waals surface area contributed by atoms with Crippen LogP contribution in [0.5, 0.6) is 0 Å². The number of nitrogens with one attached hydrogen (secondary N) is 1. The molecule has 3 nitrogen and oxygen atoms in total. The third kappa shape index (κ3) is 6.13. The fourth-order valence-corrected chi connectivity index (χ4v) is 1.63. The van der Waals surface area contributed by atoms with Crippen LogP contribution in [-0.2, 0) is 9.47 Å². The molecule has 0 aromatic heterocycles. The van der Waals surface area contributed by atoms with Crippen molar-refractivity contribution < 1.29 is 9.47 Å². The van der Waals surface area contributed by atoms with Crippen LogP contribution < -0.4 is 5.32 Å². The van der Waals surface area contributed by atoms with E-state index in [2.05, 4.69) is 19.2 Å². The molecule has 0 radical (unpaired) electrons. The van der Waals surface area contributed by atoms with Gasteiger partial charge in [-0.2, -0.15) is 0 Å². The first kappa shape index (κ1) is 12.9. The predicted octanol–water partition coefficient (Wildman–Crippen LogP) is 1.82. The van der Waals surface area contributed by atoms with Crippen molar-refractivity contribution >= 4 is 0 Å². The van der Waals surface area contributed by atoms with Gasteiger partial charge >= 0.3 is 0 Å². The van der Waals surface area contributed by atoms with E-state index < -0.39 is 0 Å². The Hall–Kier alpha value is -0.120. The van der Waals surface area contributed by atoms with Gasteiger partial charge in [-0.15, -0.1) is 0 Å². The maximum atomic E-state index is 5.61. The van der Waals surface area contributed by atoms with Crippen molar-refractivity contribution in [3.63, 3.8) is 0 Å². The fourth-order valence-electron chi connectivity index (χ4n) is 1.63. The van der Waals surface area contributed by atoms with Gasteiger partial charge in [0.1, 0.15) is 0 Å². The zero-order valence-corrected chi connectivity index (χ0v) is 10.1. The topological polar surface area (TPSA) is 30.5 Å². The summed E-state index contributed by atoms with van der Waals surface area (Å²) in [5.74, 6) is 0.646. The van der Waals surface area contributed by atoms with Crippen molar-refractivity contribution in [3.8, 4) is 0 Å². The van der Waals surface area contributed by atoms with Crippen molar-refractivity contribution in [2.75, 3.05) is 33.0 Å². The van der Waals surface area contributed by atoms with Crippen LogP contribution in [0.1, 0.15) is 33.1 Å². The molecule has 3 heteroatoms. The molecule has 1 aliphatic rings. The van der Waals surface area contributed by atoms with Crippen molar-refractivity contribution in [1.82, 2.24) is 5.32 Å². The summed E-state index contributed by atoms with van der Waals surface area (Å²) in [6.07, 6.45) is 3.48. The van der Waals surface area contributed by atoms with Gasteiger partial charge in [-0.1, -0.05) is 6.92 Å². The molecular weight excluding hydrogens is 190 g/mol. The minimum atomic E-state index is 0.633. The van der Waals surface area contributed by atoms with E-state index in [9.17, 15) is 0 Å². The molecule has 0 aromatic rings. The smallest absolute Gasteiger partial charge is 0.0517 e. The van der Waals surface area contributed by atoms with Crippen LogP contribution in [0.25, 0.3) is 0 Å². The van der Waals surface area contributed by atoms with Crippen LogP contribution in [0.15, 0.2) is 0 Å². The average Bonchev–Trinajstić information content (AvgIpc) is 2.75. The van der Waals surface area contributed by atoms with Gasteiger partial charge in [-0.05, 0) is 32.7 Å². The molecule has 90 valence electrons. The van der Waals surface area contributed by atoms with Crippen LogP contribution in [0.4, 0.5) is 0 Å². The summed E-state index contributed by atoms with van der Waals surface area (Å²) < 4.78 is 10.9. The number of hydrogen-bond donors (Lipinski definition) is 1. The van der Waals surface area contributed by atoms with E-state index in [1.54, 1.807) is 0 Å². The molecule has 15 heavy (non-hydrogen) atoms. The van der Waals surface area contributed by atoms with Gasteiger partial charge in [-0.3, -0.25) is 0 Å². The van der Waals surface area contributed by atoms with E-state index in [1.165, 1.54) is 12.8 Å². The highest BCUT2D eigenvalue weighted by atomic mass is 16.5. The zero-order chi connectivity index (χ0) is 10.9. The molecule has 2 unspecified atom stereocenters. The number of ether oxygens (including phenoxy) is 2. The van der Waals surface area contributed by atoms with E-state index in [0.717, 1.165) is 39.4 Å². The van der Waals surface area contributed by atoms with E-state index in [4.69, 9.17) is 9.47 Å². The quantitative estimate of drug-likeness (QED) is 0.626. The molecule has 2 atom stereocenters. The van der Waals surface area contributed by atoms with E-state index >= 15 is 0 Å². The molecule has 0 aliphatic carbocycles. The second-order valence-electron chi connectivity index (χ2n) is 4.42. The predicted molar refractivity (Wildman–Crippen MR) is 62.1 cm³/mol. The van der Waals surface area contributed by atoms with Crippen molar-refractivity contribution in [2.24, 2.45) is 5.92 Å². The van der Waals surface area contributed by atoms with Crippen molar-refractivity contribution in [1.29, 1.82) is 0 Å². The molecule has 1 aliphatic heterocycles. The van der Waals surface area contributed by atoms with Crippen LogP contribution in [-0.4, -0.2) is 39.0 Å². The lowest BCUT2D eigenvalue weighted by molar-refractivity contribution is 0.0880. The standard InChI is InChI=1S/C12H25NO2/c1-3-11(2)13-6-4-7-14-9-12-5-8-15-10-12/h11-13H,3-10H2,1-2H3. The third-order valence-corrected chi connectivity index (χ3v) is 2.95. The maximum Gasteiger partial charge on any atom is 0.0517 e. The number of rotatable bonds is 8. The lowest BCUT2D eigenvalue weighted by Crippen LogP contribution is -2.27. The molecule has 0 bridgehead atoms. The van der Waals surface area contributed by atoms with Crippen molar-refractivity contribution in [3.05, 3.63) is 0 Å². The van der Waals surface area contributed by atoms with Gasteiger partial charge < -0.3 is 14.8 Å². The van der Waals surface area contributed by atoms with Crippen LogP contribution in [0, 0.1) is 5.92 Å². The molecule has 1 heterocycles. The van der Waals surface area contributed by atoms with Crippen LogP contribution >= 0.6 is 0 Å². The SMILES string of the molecule is CCC(C)NCCCOCC1CCOC1. The molecular formula is C12H25NO2. The third-order valence-electron chi connectivity index (χ3n) is 2.95. The fraction of sp³-hybridized carbons (Fsp3) is 1.00. The molecule has 1 saturated heterocycles. The molecule has 0 saturated carbocycles. The lowest BCUT2D eigenvalue weighted by atomic mass is 10.1. The van der Waals surface area contributed by atoms with Gasteiger partial charge in [0, 0.05) is 25.2 Å². The Kier molecular flexibility index (Phi) is 6.98. The van der Waals surface area contributed by atoms with Gasteiger partial charge in [0.15, 0.2) is 0 Å². The first-order valence-electron chi connectivity index (χ1n) is 6.21. The highest BCUT2D eigenvalue weighted by Gasteiger charge is 2.14. The first-order chi connectivity index (χ1) is 7.33. The Morgan fingerprint density at radius 1 is 1.53 bits per heavy atom. The van der Waals surface area contributed by atoms with E-state index in [-0.39, 0.29) is 0 Å². The Morgan fingerprint density at radius 3 is 3.07 bits per heavy atom. The second-order valence-corrected chi connectivity index (χ2v) is 4.42. The van der Waals surface area contributed by atoms with Gasteiger partial charge in [0.05, 0.1) is 13.2 Å². The highest BCUT2D eigenvalue weighted by Crippen LogP contribution is 2.12. The minimum Gasteiger partial charge on any atom is -0.381 e. The van der Waals surface area contributed by atoms with E-state index in [0.29, 0.717) is 12.0 Å². The summed E-state index contributed by atoms with van der Waals surface area (Å²) in [6.45, 7) is 9.05. The summed E-state index contributed by atoms with van der Waals surface area (Å²) in [5.41, 5.74) is 0. The molecule has 1 rings (SSSR count). The molecule has 0 spiro atoms. The summed E-state index contributed by atoms with van der Waals surface area (Å²) in [4.78, 5) is 0. The Morgan fingerprint density at radius 2 is 2.40 bits per heavy atom. The van der Waals surface area contributed by atoms with E-state index in [1.807, 2.05) is 0 Å². The Balaban J connectivity index is 1.80. The second kappa shape index (κ2) is 8.08. The molecule has 0 amide bonds. The monoisotopic (exact) mass is 215 g/mol. The molecule has 0 aromatic carbocycles. The Labute approximate surface area is 93.5 Å². The number of hydrogen-bond acceptors (Lipinski definition) is 3. The summed E-state index contributed by atoms with van der Waals surface area (Å²) >= 11 is 0. The average molecular weight is 215 g/mol.